The van der Waals surface area contributed by atoms with Gasteiger partial charge in [0.2, 0.25) is 0 Å². The van der Waals surface area contributed by atoms with Crippen LogP contribution in [0.2, 0.25) is 0 Å². The monoisotopic (exact) mass is 255 g/mol. The van der Waals surface area contributed by atoms with Crippen LogP contribution < -0.4 is 5.32 Å². The SMILES string of the molecule is CCCC1(CCC)NCC(C)(C)C(CC)(CC)O1. The highest BCUT2D eigenvalue weighted by Gasteiger charge is 2.52. The Balaban J connectivity index is 3.00. The van der Waals surface area contributed by atoms with Crippen LogP contribution in [0.25, 0.3) is 0 Å². The van der Waals surface area contributed by atoms with Crippen LogP contribution in [0.3, 0.4) is 0 Å². The van der Waals surface area contributed by atoms with Gasteiger partial charge in [-0.05, 0) is 25.7 Å². The summed E-state index contributed by atoms with van der Waals surface area (Å²) in [5.41, 5.74) is 0.162. The molecule has 1 heterocycles. The summed E-state index contributed by atoms with van der Waals surface area (Å²) in [4.78, 5) is 0. The fourth-order valence-corrected chi connectivity index (χ4v) is 3.65. The minimum atomic E-state index is -0.0783. The zero-order chi connectivity index (χ0) is 13.9. The summed E-state index contributed by atoms with van der Waals surface area (Å²) < 4.78 is 6.74. The largest absolute Gasteiger partial charge is 0.354 e. The second-order valence-electron chi connectivity index (χ2n) is 6.54. The predicted molar refractivity (Wildman–Crippen MR) is 78.7 cm³/mol. The van der Waals surface area contributed by atoms with E-state index >= 15 is 0 Å². The van der Waals surface area contributed by atoms with Crippen LogP contribution in [-0.4, -0.2) is 17.9 Å². The number of nitrogens with one attached hydrogen (secondary N) is 1. The van der Waals surface area contributed by atoms with E-state index in [-0.39, 0.29) is 16.7 Å². The van der Waals surface area contributed by atoms with Crippen molar-refractivity contribution >= 4 is 0 Å². The van der Waals surface area contributed by atoms with E-state index in [0.29, 0.717) is 0 Å². The maximum atomic E-state index is 6.74. The Morgan fingerprint density at radius 3 is 1.83 bits per heavy atom. The minimum Gasteiger partial charge on any atom is -0.354 e. The fraction of sp³-hybridized carbons (Fsp3) is 1.00. The van der Waals surface area contributed by atoms with E-state index < -0.39 is 0 Å². The average Bonchev–Trinajstić information content (AvgIpc) is 2.33. The van der Waals surface area contributed by atoms with Crippen molar-refractivity contribution in [3.8, 4) is 0 Å². The average molecular weight is 255 g/mol. The van der Waals surface area contributed by atoms with Crippen molar-refractivity contribution in [3.05, 3.63) is 0 Å². The van der Waals surface area contributed by atoms with Gasteiger partial charge in [0.15, 0.2) is 0 Å². The molecular weight excluding hydrogens is 222 g/mol. The van der Waals surface area contributed by atoms with Crippen LogP contribution in [0.15, 0.2) is 0 Å². The van der Waals surface area contributed by atoms with Crippen molar-refractivity contribution in [2.24, 2.45) is 5.41 Å². The molecular formula is C16H33NO. The molecule has 18 heavy (non-hydrogen) atoms. The van der Waals surface area contributed by atoms with E-state index in [2.05, 4.69) is 46.9 Å². The Hall–Kier alpha value is -0.0800. The van der Waals surface area contributed by atoms with Gasteiger partial charge in [0.25, 0.3) is 0 Å². The van der Waals surface area contributed by atoms with Crippen LogP contribution in [0.4, 0.5) is 0 Å². The van der Waals surface area contributed by atoms with E-state index in [1.807, 2.05) is 0 Å². The maximum absolute atomic E-state index is 6.74. The summed E-state index contributed by atoms with van der Waals surface area (Å²) in [5.74, 6) is 0. The molecule has 0 atom stereocenters. The summed E-state index contributed by atoms with van der Waals surface area (Å²) in [6.45, 7) is 14.8. The molecule has 2 heteroatoms. The van der Waals surface area contributed by atoms with Crippen LogP contribution >= 0.6 is 0 Å². The molecule has 1 rings (SSSR count). The van der Waals surface area contributed by atoms with Gasteiger partial charge in [-0.3, -0.25) is 5.32 Å². The second-order valence-corrected chi connectivity index (χ2v) is 6.54. The fourth-order valence-electron chi connectivity index (χ4n) is 3.65. The van der Waals surface area contributed by atoms with E-state index in [1.54, 1.807) is 0 Å². The Kier molecular flexibility index (Phi) is 5.25. The number of rotatable bonds is 6. The zero-order valence-electron chi connectivity index (χ0n) is 13.4. The summed E-state index contributed by atoms with van der Waals surface area (Å²) in [5, 5.41) is 3.73. The lowest BCUT2D eigenvalue weighted by atomic mass is 9.69. The van der Waals surface area contributed by atoms with Crippen LogP contribution in [-0.2, 0) is 4.74 Å². The molecule has 108 valence electrons. The lowest BCUT2D eigenvalue weighted by molar-refractivity contribution is -0.259. The van der Waals surface area contributed by atoms with Crippen molar-refractivity contribution < 1.29 is 4.74 Å². The highest BCUT2D eigenvalue weighted by atomic mass is 16.5. The first-order chi connectivity index (χ1) is 8.41. The van der Waals surface area contributed by atoms with Gasteiger partial charge in [-0.1, -0.05) is 54.4 Å². The molecule has 1 fully saturated rings. The van der Waals surface area contributed by atoms with E-state index in [4.69, 9.17) is 4.74 Å². The third-order valence-corrected chi connectivity index (χ3v) is 4.93. The van der Waals surface area contributed by atoms with Gasteiger partial charge < -0.3 is 4.74 Å². The Morgan fingerprint density at radius 1 is 0.944 bits per heavy atom. The maximum Gasteiger partial charge on any atom is 0.120 e. The molecule has 2 nitrogen and oxygen atoms in total. The summed E-state index contributed by atoms with van der Waals surface area (Å²) >= 11 is 0. The van der Waals surface area contributed by atoms with Crippen molar-refractivity contribution in [2.45, 2.75) is 91.4 Å². The molecule has 0 saturated carbocycles. The first kappa shape index (κ1) is 16.0. The van der Waals surface area contributed by atoms with Gasteiger partial charge in [0.05, 0.1) is 5.60 Å². The molecule has 1 aliphatic rings. The van der Waals surface area contributed by atoms with Crippen LogP contribution in [0.1, 0.15) is 80.1 Å². The Labute approximate surface area is 114 Å². The molecule has 1 aliphatic heterocycles. The Morgan fingerprint density at radius 2 is 1.44 bits per heavy atom. The number of ether oxygens (including phenoxy) is 1. The minimum absolute atomic E-state index is 0.0303. The molecule has 0 aromatic heterocycles. The van der Waals surface area contributed by atoms with Crippen LogP contribution in [0, 0.1) is 5.41 Å². The highest BCUT2D eigenvalue weighted by molar-refractivity contribution is 5.02. The van der Waals surface area contributed by atoms with Gasteiger partial charge in [-0.15, -0.1) is 0 Å². The number of hydrogen-bond donors (Lipinski definition) is 1. The van der Waals surface area contributed by atoms with Crippen molar-refractivity contribution in [1.82, 2.24) is 5.32 Å². The van der Waals surface area contributed by atoms with Crippen molar-refractivity contribution in [3.63, 3.8) is 0 Å². The molecule has 0 aliphatic carbocycles. The van der Waals surface area contributed by atoms with Crippen molar-refractivity contribution in [2.75, 3.05) is 6.54 Å². The smallest absolute Gasteiger partial charge is 0.120 e. The second kappa shape index (κ2) is 5.92. The summed E-state index contributed by atoms with van der Waals surface area (Å²) in [6.07, 6.45) is 6.81. The topological polar surface area (TPSA) is 21.3 Å². The van der Waals surface area contributed by atoms with Gasteiger partial charge in [-0.2, -0.15) is 0 Å². The van der Waals surface area contributed by atoms with Gasteiger partial charge in [0.1, 0.15) is 5.72 Å². The molecule has 0 spiro atoms. The van der Waals surface area contributed by atoms with E-state index in [0.717, 1.165) is 32.2 Å². The molecule has 0 unspecified atom stereocenters. The molecule has 1 saturated heterocycles. The van der Waals surface area contributed by atoms with Crippen LogP contribution in [0.5, 0.6) is 0 Å². The normalized spacial score (nSPS) is 25.0. The molecule has 0 amide bonds. The Bertz CT molecular complexity index is 250. The first-order valence-corrected chi connectivity index (χ1v) is 7.86. The third-order valence-electron chi connectivity index (χ3n) is 4.93. The molecule has 0 bridgehead atoms. The highest BCUT2D eigenvalue weighted by Crippen LogP contribution is 2.47. The van der Waals surface area contributed by atoms with Gasteiger partial charge in [0, 0.05) is 12.0 Å². The van der Waals surface area contributed by atoms with E-state index in [9.17, 15) is 0 Å². The third kappa shape index (κ3) is 2.75. The number of hydrogen-bond acceptors (Lipinski definition) is 2. The van der Waals surface area contributed by atoms with Crippen molar-refractivity contribution in [1.29, 1.82) is 0 Å². The first-order valence-electron chi connectivity index (χ1n) is 7.86. The quantitative estimate of drug-likeness (QED) is 0.755. The molecule has 0 aromatic rings. The van der Waals surface area contributed by atoms with Gasteiger partial charge in [-0.25, -0.2) is 0 Å². The lowest BCUT2D eigenvalue weighted by Gasteiger charge is -2.57. The summed E-state index contributed by atoms with van der Waals surface area (Å²) in [7, 11) is 0. The lowest BCUT2D eigenvalue weighted by Crippen LogP contribution is -2.67. The summed E-state index contributed by atoms with van der Waals surface area (Å²) in [6, 6.07) is 0. The zero-order valence-corrected chi connectivity index (χ0v) is 13.4. The molecule has 0 aromatic carbocycles. The molecule has 0 radical (unpaired) electrons. The van der Waals surface area contributed by atoms with E-state index in [1.165, 1.54) is 12.8 Å². The standard InChI is InChI=1S/C16H33NO/c1-7-11-16(12-8-2)17-13-14(5,6)15(9-3,10-4)18-16/h17H,7-13H2,1-6H3. The van der Waals surface area contributed by atoms with Gasteiger partial charge >= 0.3 is 0 Å². The molecule has 1 N–H and O–H groups in total. The predicted octanol–water partition coefficient (Wildman–Crippen LogP) is 4.49.